The van der Waals surface area contributed by atoms with E-state index in [1.807, 2.05) is 37.8 Å². The Morgan fingerprint density at radius 2 is 1.74 bits per heavy atom. The number of thioether (sulfide) groups is 1. The van der Waals surface area contributed by atoms with Crippen molar-refractivity contribution < 1.29 is 13.2 Å². The predicted molar refractivity (Wildman–Crippen MR) is 111 cm³/mol. The lowest BCUT2D eigenvalue weighted by Crippen LogP contribution is -2.50. The van der Waals surface area contributed by atoms with Crippen molar-refractivity contribution >= 4 is 27.7 Å². The summed E-state index contributed by atoms with van der Waals surface area (Å²) in [6.07, 6.45) is 1.25. The standard InChI is InChI=1S/C17H25N3O3S2.C2H6/c1-13-2-4-15(5-3-13)25(22,23)20-8-6-14(7-9-20)16(18)17(21)19-10-11-24-12-19;1-2/h2-5,14,16H,6-12,18H2,1H3;1-2H3/t16-;/m0./s1. The summed E-state index contributed by atoms with van der Waals surface area (Å²) < 4.78 is 27.0. The number of nitrogens with zero attached hydrogens (tertiary/aromatic N) is 2. The lowest BCUT2D eigenvalue weighted by molar-refractivity contribution is -0.132. The molecule has 1 amide bonds. The van der Waals surface area contributed by atoms with Crippen molar-refractivity contribution in [3.63, 3.8) is 0 Å². The molecule has 2 heterocycles. The molecule has 0 bridgehead atoms. The Kier molecular flexibility index (Phi) is 8.15. The van der Waals surface area contributed by atoms with Crippen molar-refractivity contribution in [2.75, 3.05) is 31.3 Å². The monoisotopic (exact) mass is 413 g/mol. The van der Waals surface area contributed by atoms with Crippen LogP contribution in [0.25, 0.3) is 0 Å². The van der Waals surface area contributed by atoms with E-state index in [0.717, 1.165) is 17.9 Å². The van der Waals surface area contributed by atoms with E-state index in [9.17, 15) is 13.2 Å². The number of carbonyl (C=O) groups excluding carboxylic acids is 1. The van der Waals surface area contributed by atoms with Crippen LogP contribution in [0.2, 0.25) is 0 Å². The second-order valence-corrected chi connectivity index (χ2v) is 9.73. The molecule has 2 saturated heterocycles. The van der Waals surface area contributed by atoms with Gasteiger partial charge >= 0.3 is 0 Å². The second kappa shape index (κ2) is 9.91. The van der Waals surface area contributed by atoms with Crippen LogP contribution < -0.4 is 5.73 Å². The maximum Gasteiger partial charge on any atom is 0.243 e. The van der Waals surface area contributed by atoms with Gasteiger partial charge in [0.15, 0.2) is 0 Å². The Balaban J connectivity index is 0.00000126. The van der Waals surface area contributed by atoms with E-state index >= 15 is 0 Å². The van der Waals surface area contributed by atoms with Crippen molar-refractivity contribution in [2.45, 2.75) is 44.6 Å². The van der Waals surface area contributed by atoms with Crippen LogP contribution in [0.4, 0.5) is 0 Å². The first-order valence-corrected chi connectivity index (χ1v) is 12.2. The van der Waals surface area contributed by atoms with Crippen LogP contribution in [-0.2, 0) is 14.8 Å². The lowest BCUT2D eigenvalue weighted by atomic mass is 9.90. The van der Waals surface area contributed by atoms with Crippen molar-refractivity contribution in [3.05, 3.63) is 29.8 Å². The van der Waals surface area contributed by atoms with Gasteiger partial charge in [0.25, 0.3) is 0 Å². The highest BCUT2D eigenvalue weighted by Crippen LogP contribution is 2.27. The molecule has 0 saturated carbocycles. The van der Waals surface area contributed by atoms with Gasteiger partial charge in [-0.15, -0.1) is 11.8 Å². The number of hydrogen-bond donors (Lipinski definition) is 1. The van der Waals surface area contributed by atoms with E-state index in [4.69, 9.17) is 5.73 Å². The minimum absolute atomic E-state index is 0.00448. The van der Waals surface area contributed by atoms with E-state index in [1.165, 1.54) is 4.31 Å². The molecule has 0 radical (unpaired) electrons. The minimum Gasteiger partial charge on any atom is -0.331 e. The van der Waals surface area contributed by atoms with E-state index in [0.29, 0.717) is 36.7 Å². The molecule has 27 heavy (non-hydrogen) atoms. The third kappa shape index (κ3) is 5.25. The summed E-state index contributed by atoms with van der Waals surface area (Å²) in [7, 11) is -3.47. The average Bonchev–Trinajstić information content (AvgIpc) is 3.23. The highest BCUT2D eigenvalue weighted by Gasteiger charge is 2.35. The zero-order chi connectivity index (χ0) is 20.0. The summed E-state index contributed by atoms with van der Waals surface area (Å²) in [5.41, 5.74) is 7.22. The van der Waals surface area contributed by atoms with Crippen LogP contribution in [0.1, 0.15) is 32.3 Å². The molecule has 1 aromatic rings. The molecule has 0 unspecified atom stereocenters. The zero-order valence-corrected chi connectivity index (χ0v) is 18.1. The second-order valence-electron chi connectivity index (χ2n) is 6.72. The molecule has 2 aliphatic heterocycles. The van der Waals surface area contributed by atoms with Gasteiger partial charge < -0.3 is 10.6 Å². The Labute approximate surface area is 167 Å². The molecule has 0 spiro atoms. The summed E-state index contributed by atoms with van der Waals surface area (Å²) in [5.74, 6) is 1.73. The number of sulfonamides is 1. The van der Waals surface area contributed by atoms with E-state index in [-0.39, 0.29) is 11.8 Å². The van der Waals surface area contributed by atoms with Crippen LogP contribution >= 0.6 is 11.8 Å². The maximum atomic E-state index is 12.7. The van der Waals surface area contributed by atoms with Gasteiger partial charge in [-0.3, -0.25) is 4.79 Å². The summed E-state index contributed by atoms with van der Waals surface area (Å²) >= 11 is 1.74. The number of nitrogens with two attached hydrogens (primary N) is 1. The molecular formula is C19H31N3O3S2. The third-order valence-electron chi connectivity index (χ3n) is 5.01. The fourth-order valence-corrected chi connectivity index (χ4v) is 5.76. The van der Waals surface area contributed by atoms with Crippen LogP contribution in [-0.4, -0.2) is 60.8 Å². The number of aryl methyl sites for hydroxylation is 1. The predicted octanol–water partition coefficient (Wildman–Crippen LogP) is 2.28. The molecule has 0 aromatic heterocycles. The quantitative estimate of drug-likeness (QED) is 0.819. The number of hydrogen-bond acceptors (Lipinski definition) is 5. The Bertz CT molecular complexity index is 708. The van der Waals surface area contributed by atoms with E-state index < -0.39 is 16.1 Å². The molecule has 8 heteroatoms. The Hall–Kier alpha value is -1.09. The molecule has 1 aromatic carbocycles. The molecule has 0 aliphatic carbocycles. The Morgan fingerprint density at radius 3 is 2.26 bits per heavy atom. The van der Waals surface area contributed by atoms with Gasteiger partial charge in [-0.1, -0.05) is 31.5 Å². The van der Waals surface area contributed by atoms with Crippen molar-refractivity contribution in [3.8, 4) is 0 Å². The number of rotatable bonds is 4. The molecule has 2 aliphatic rings. The first-order chi connectivity index (χ1) is 12.9. The molecule has 1 atom stereocenters. The van der Waals surface area contributed by atoms with Gasteiger partial charge in [0, 0.05) is 25.4 Å². The topological polar surface area (TPSA) is 83.7 Å². The number of piperidine rings is 1. The smallest absolute Gasteiger partial charge is 0.243 e. The van der Waals surface area contributed by atoms with Gasteiger partial charge in [0.2, 0.25) is 15.9 Å². The highest BCUT2D eigenvalue weighted by atomic mass is 32.2. The summed E-state index contributed by atoms with van der Waals surface area (Å²) in [4.78, 5) is 14.6. The third-order valence-corrected chi connectivity index (χ3v) is 7.89. The maximum absolute atomic E-state index is 12.7. The van der Waals surface area contributed by atoms with Gasteiger partial charge in [0.05, 0.1) is 16.8 Å². The molecule has 6 nitrogen and oxygen atoms in total. The van der Waals surface area contributed by atoms with Crippen LogP contribution in [0, 0.1) is 12.8 Å². The number of amides is 1. The fraction of sp³-hybridized carbons (Fsp3) is 0.632. The summed E-state index contributed by atoms with van der Waals surface area (Å²) in [6.45, 7) is 7.52. The lowest BCUT2D eigenvalue weighted by Gasteiger charge is -2.34. The van der Waals surface area contributed by atoms with Gasteiger partial charge in [-0.2, -0.15) is 4.31 Å². The Morgan fingerprint density at radius 1 is 1.15 bits per heavy atom. The van der Waals surface area contributed by atoms with Crippen LogP contribution in [0.15, 0.2) is 29.2 Å². The first-order valence-electron chi connectivity index (χ1n) is 9.58. The number of benzene rings is 1. The van der Waals surface area contributed by atoms with Crippen LogP contribution in [0.5, 0.6) is 0 Å². The van der Waals surface area contributed by atoms with Crippen molar-refractivity contribution in [1.82, 2.24) is 9.21 Å². The zero-order valence-electron chi connectivity index (χ0n) is 16.4. The SMILES string of the molecule is CC.Cc1ccc(S(=O)(=O)N2CCC([C@H](N)C(=O)N3CCSC3)CC2)cc1. The van der Waals surface area contributed by atoms with Gasteiger partial charge in [-0.05, 0) is 37.8 Å². The average molecular weight is 414 g/mol. The number of carbonyl (C=O) groups is 1. The molecule has 2 fully saturated rings. The molecular weight excluding hydrogens is 382 g/mol. The van der Waals surface area contributed by atoms with Crippen molar-refractivity contribution in [2.24, 2.45) is 11.7 Å². The minimum atomic E-state index is -3.47. The van der Waals surface area contributed by atoms with Gasteiger partial charge in [-0.25, -0.2) is 8.42 Å². The van der Waals surface area contributed by atoms with Crippen molar-refractivity contribution in [1.29, 1.82) is 0 Å². The fourth-order valence-electron chi connectivity index (χ4n) is 3.33. The molecule has 2 N–H and O–H groups in total. The largest absolute Gasteiger partial charge is 0.331 e. The highest BCUT2D eigenvalue weighted by molar-refractivity contribution is 7.99. The molecule has 152 valence electrons. The van der Waals surface area contributed by atoms with E-state index in [2.05, 4.69) is 0 Å². The molecule has 3 rings (SSSR count). The first kappa shape index (κ1) is 22.2. The summed E-state index contributed by atoms with van der Waals surface area (Å²) in [6, 6.07) is 6.39. The normalized spacial score (nSPS) is 20.1. The summed E-state index contributed by atoms with van der Waals surface area (Å²) in [5, 5.41) is 0. The van der Waals surface area contributed by atoms with Crippen LogP contribution in [0.3, 0.4) is 0 Å². The van der Waals surface area contributed by atoms with E-state index in [1.54, 1.807) is 23.9 Å². The van der Waals surface area contributed by atoms with Gasteiger partial charge in [0.1, 0.15) is 0 Å².